The molecule has 106 valence electrons. The van der Waals surface area contributed by atoms with E-state index in [0.29, 0.717) is 0 Å². The first kappa shape index (κ1) is 15.2. The molecule has 0 fully saturated rings. The van der Waals surface area contributed by atoms with Crippen molar-refractivity contribution >= 4 is 15.9 Å². The average Bonchev–Trinajstić information content (AvgIpc) is 2.42. The monoisotopic (exact) mass is 335 g/mol. The van der Waals surface area contributed by atoms with E-state index in [0.717, 1.165) is 23.0 Å². The molecule has 1 unspecified atom stereocenters. The van der Waals surface area contributed by atoms with Gasteiger partial charge >= 0.3 is 0 Å². The standard InChI is InChI=1S/C17H19BrFN/c1-3-20-17(13-4-7-15(18)8-5-13)11-14-6-9-16(19)10-12(14)2/h4-10,17,20H,3,11H2,1-2H3. The fourth-order valence-corrected chi connectivity index (χ4v) is 2.62. The molecule has 0 spiro atoms. The first-order valence-corrected chi connectivity index (χ1v) is 7.63. The van der Waals surface area contributed by atoms with E-state index in [1.54, 1.807) is 6.07 Å². The second-order valence-electron chi connectivity index (χ2n) is 4.94. The smallest absolute Gasteiger partial charge is 0.123 e. The maximum absolute atomic E-state index is 13.2. The quantitative estimate of drug-likeness (QED) is 0.828. The van der Waals surface area contributed by atoms with Crippen molar-refractivity contribution in [2.24, 2.45) is 0 Å². The highest BCUT2D eigenvalue weighted by Crippen LogP contribution is 2.22. The maximum Gasteiger partial charge on any atom is 0.123 e. The average molecular weight is 336 g/mol. The Morgan fingerprint density at radius 3 is 2.45 bits per heavy atom. The van der Waals surface area contributed by atoms with E-state index in [4.69, 9.17) is 0 Å². The zero-order valence-electron chi connectivity index (χ0n) is 11.8. The number of hydrogen-bond donors (Lipinski definition) is 1. The first-order valence-electron chi connectivity index (χ1n) is 6.84. The summed E-state index contributed by atoms with van der Waals surface area (Å²) in [5.74, 6) is -0.171. The van der Waals surface area contributed by atoms with E-state index < -0.39 is 0 Å². The van der Waals surface area contributed by atoms with Crippen LogP contribution in [0.15, 0.2) is 46.9 Å². The van der Waals surface area contributed by atoms with Crippen molar-refractivity contribution in [3.05, 3.63) is 69.4 Å². The molecule has 1 nitrogen and oxygen atoms in total. The van der Waals surface area contributed by atoms with Crippen molar-refractivity contribution in [1.29, 1.82) is 0 Å². The summed E-state index contributed by atoms with van der Waals surface area (Å²) in [6.07, 6.45) is 0.863. The third-order valence-corrected chi connectivity index (χ3v) is 3.98. The molecule has 1 N–H and O–H groups in total. The molecule has 0 amide bonds. The minimum atomic E-state index is -0.171. The van der Waals surface area contributed by atoms with Crippen molar-refractivity contribution in [3.8, 4) is 0 Å². The number of halogens is 2. The number of likely N-dealkylation sites (N-methyl/N-ethyl adjacent to an activating group) is 1. The summed E-state index contributed by atoms with van der Waals surface area (Å²) < 4.78 is 14.3. The van der Waals surface area contributed by atoms with E-state index >= 15 is 0 Å². The van der Waals surface area contributed by atoms with Crippen LogP contribution in [0.1, 0.15) is 29.7 Å². The molecule has 0 saturated heterocycles. The lowest BCUT2D eigenvalue weighted by Crippen LogP contribution is -2.23. The van der Waals surface area contributed by atoms with Gasteiger partial charge in [-0.3, -0.25) is 0 Å². The number of benzene rings is 2. The van der Waals surface area contributed by atoms with E-state index in [-0.39, 0.29) is 11.9 Å². The highest BCUT2D eigenvalue weighted by molar-refractivity contribution is 9.10. The minimum absolute atomic E-state index is 0.171. The van der Waals surface area contributed by atoms with E-state index in [2.05, 4.69) is 52.4 Å². The third kappa shape index (κ3) is 3.90. The fourth-order valence-electron chi connectivity index (χ4n) is 2.36. The molecule has 0 bridgehead atoms. The Morgan fingerprint density at radius 2 is 1.85 bits per heavy atom. The Kier molecular flexibility index (Phi) is 5.32. The molecule has 2 aromatic carbocycles. The zero-order chi connectivity index (χ0) is 14.5. The Balaban J connectivity index is 2.22. The van der Waals surface area contributed by atoms with Gasteiger partial charge in [-0.2, -0.15) is 0 Å². The van der Waals surface area contributed by atoms with Crippen LogP contribution in [0, 0.1) is 12.7 Å². The van der Waals surface area contributed by atoms with Gasteiger partial charge in [-0.15, -0.1) is 0 Å². The molecule has 0 aromatic heterocycles. The lowest BCUT2D eigenvalue weighted by atomic mass is 9.96. The normalized spacial score (nSPS) is 12.4. The summed E-state index contributed by atoms with van der Waals surface area (Å²) in [4.78, 5) is 0. The highest BCUT2D eigenvalue weighted by Gasteiger charge is 2.12. The van der Waals surface area contributed by atoms with E-state index in [1.165, 1.54) is 17.2 Å². The molecule has 0 heterocycles. The van der Waals surface area contributed by atoms with Gasteiger partial charge in [0.15, 0.2) is 0 Å². The van der Waals surface area contributed by atoms with Crippen LogP contribution >= 0.6 is 15.9 Å². The summed E-state index contributed by atoms with van der Waals surface area (Å²) in [5.41, 5.74) is 3.43. The molecule has 0 aliphatic rings. The van der Waals surface area contributed by atoms with Crippen LogP contribution in [0.4, 0.5) is 4.39 Å². The van der Waals surface area contributed by atoms with Gasteiger partial charge in [-0.25, -0.2) is 4.39 Å². The Labute approximate surface area is 128 Å². The van der Waals surface area contributed by atoms with Crippen LogP contribution in [0.25, 0.3) is 0 Å². The lowest BCUT2D eigenvalue weighted by Gasteiger charge is -2.20. The van der Waals surface area contributed by atoms with Crippen LogP contribution in [-0.2, 0) is 6.42 Å². The largest absolute Gasteiger partial charge is 0.310 e. The van der Waals surface area contributed by atoms with Gasteiger partial charge in [0.05, 0.1) is 0 Å². The molecule has 2 rings (SSSR count). The van der Waals surface area contributed by atoms with Crippen molar-refractivity contribution in [2.75, 3.05) is 6.54 Å². The first-order chi connectivity index (χ1) is 9.60. The van der Waals surface area contributed by atoms with E-state index in [1.807, 2.05) is 13.0 Å². The van der Waals surface area contributed by atoms with Gasteiger partial charge < -0.3 is 5.32 Å². The number of nitrogens with one attached hydrogen (secondary N) is 1. The second-order valence-corrected chi connectivity index (χ2v) is 5.85. The van der Waals surface area contributed by atoms with Crippen molar-refractivity contribution < 1.29 is 4.39 Å². The van der Waals surface area contributed by atoms with Crippen molar-refractivity contribution in [2.45, 2.75) is 26.3 Å². The summed E-state index contributed by atoms with van der Waals surface area (Å²) in [6.45, 7) is 4.97. The fraction of sp³-hybridized carbons (Fsp3) is 0.294. The SMILES string of the molecule is CCNC(Cc1ccc(F)cc1C)c1ccc(Br)cc1. The summed E-state index contributed by atoms with van der Waals surface area (Å²) in [5, 5.41) is 3.50. The second kappa shape index (κ2) is 7.00. The minimum Gasteiger partial charge on any atom is -0.310 e. The van der Waals surface area contributed by atoms with Gasteiger partial charge in [0, 0.05) is 10.5 Å². The predicted molar refractivity (Wildman–Crippen MR) is 85.4 cm³/mol. The Hall–Kier alpha value is -1.19. The van der Waals surface area contributed by atoms with Crippen LogP contribution in [-0.4, -0.2) is 6.54 Å². The number of rotatable bonds is 5. The molecule has 0 aliphatic heterocycles. The van der Waals surface area contributed by atoms with Crippen LogP contribution in [0.5, 0.6) is 0 Å². The van der Waals surface area contributed by atoms with Gasteiger partial charge in [0.2, 0.25) is 0 Å². The molecule has 20 heavy (non-hydrogen) atoms. The summed E-state index contributed by atoms with van der Waals surface area (Å²) >= 11 is 3.46. The van der Waals surface area contributed by atoms with Crippen molar-refractivity contribution in [3.63, 3.8) is 0 Å². The lowest BCUT2D eigenvalue weighted by molar-refractivity contribution is 0.547. The number of hydrogen-bond acceptors (Lipinski definition) is 1. The molecule has 1 atom stereocenters. The van der Waals surface area contributed by atoms with Gasteiger partial charge in [0.25, 0.3) is 0 Å². The number of aryl methyl sites for hydroxylation is 1. The molecule has 2 aromatic rings. The molecule has 0 saturated carbocycles. The Morgan fingerprint density at radius 1 is 1.15 bits per heavy atom. The molecule has 3 heteroatoms. The third-order valence-electron chi connectivity index (χ3n) is 3.45. The Bertz CT molecular complexity index is 566. The molecule has 0 radical (unpaired) electrons. The molecule has 0 aliphatic carbocycles. The zero-order valence-corrected chi connectivity index (χ0v) is 13.4. The topological polar surface area (TPSA) is 12.0 Å². The van der Waals surface area contributed by atoms with Crippen LogP contribution in [0.3, 0.4) is 0 Å². The van der Waals surface area contributed by atoms with Crippen molar-refractivity contribution in [1.82, 2.24) is 5.32 Å². The highest BCUT2D eigenvalue weighted by atomic mass is 79.9. The van der Waals surface area contributed by atoms with Crippen LogP contribution < -0.4 is 5.32 Å². The maximum atomic E-state index is 13.2. The molecular weight excluding hydrogens is 317 g/mol. The molecular formula is C17H19BrFN. The summed E-state index contributed by atoms with van der Waals surface area (Å²) in [7, 11) is 0. The van der Waals surface area contributed by atoms with Gasteiger partial charge in [-0.1, -0.05) is 41.1 Å². The van der Waals surface area contributed by atoms with E-state index in [9.17, 15) is 4.39 Å². The van der Waals surface area contributed by atoms with Crippen LogP contribution in [0.2, 0.25) is 0 Å². The summed E-state index contributed by atoms with van der Waals surface area (Å²) in [6, 6.07) is 13.6. The predicted octanol–water partition coefficient (Wildman–Crippen LogP) is 4.79. The van der Waals surface area contributed by atoms with Gasteiger partial charge in [-0.05, 0) is 60.8 Å². The van der Waals surface area contributed by atoms with Gasteiger partial charge in [0.1, 0.15) is 5.82 Å².